The molecule has 1 atom stereocenters. The van der Waals surface area contributed by atoms with Crippen molar-refractivity contribution in [2.75, 3.05) is 6.54 Å². The number of benzene rings is 1. The van der Waals surface area contributed by atoms with Crippen molar-refractivity contribution in [3.63, 3.8) is 0 Å². The third-order valence-electron chi connectivity index (χ3n) is 3.22. The number of nitrogens with zero attached hydrogens (tertiary/aromatic N) is 2. The molecule has 2 aromatic rings. The van der Waals surface area contributed by atoms with E-state index in [-0.39, 0.29) is 6.10 Å². The molecule has 1 N–H and O–H groups in total. The van der Waals surface area contributed by atoms with Crippen molar-refractivity contribution >= 4 is 11.6 Å². The van der Waals surface area contributed by atoms with Crippen LogP contribution in [0.2, 0.25) is 5.02 Å². The molecule has 4 nitrogen and oxygen atoms in total. The average molecular weight is 278 g/mol. The van der Waals surface area contributed by atoms with Gasteiger partial charge in [-0.2, -0.15) is 5.10 Å². The number of aryl methyl sites for hydroxylation is 1. The summed E-state index contributed by atoms with van der Waals surface area (Å²) in [5.74, 6) is 0.956. The predicted octanol–water partition coefficient (Wildman–Crippen LogP) is 2.17. The fraction of sp³-hybridized carbons (Fsp3) is 0.357. The second-order valence-corrected chi connectivity index (χ2v) is 5.29. The van der Waals surface area contributed by atoms with Gasteiger partial charge in [-0.05, 0) is 23.8 Å². The van der Waals surface area contributed by atoms with Crippen molar-refractivity contribution in [1.82, 2.24) is 15.1 Å². The average Bonchev–Trinajstić information content (AvgIpc) is 2.95. The molecule has 2 heterocycles. The lowest BCUT2D eigenvalue weighted by Gasteiger charge is -2.11. The topological polar surface area (TPSA) is 39.1 Å². The molecule has 0 fully saturated rings. The van der Waals surface area contributed by atoms with Crippen molar-refractivity contribution in [3.8, 4) is 5.75 Å². The number of rotatable bonds is 4. The molecule has 1 aromatic carbocycles. The summed E-state index contributed by atoms with van der Waals surface area (Å²) < 4.78 is 7.67. The first-order chi connectivity index (χ1) is 9.20. The van der Waals surface area contributed by atoms with Crippen LogP contribution in [0.4, 0.5) is 0 Å². The monoisotopic (exact) mass is 277 g/mol. The van der Waals surface area contributed by atoms with Gasteiger partial charge in [0, 0.05) is 43.3 Å². The summed E-state index contributed by atoms with van der Waals surface area (Å²) in [6.45, 7) is 1.63. The summed E-state index contributed by atoms with van der Waals surface area (Å²) in [6.07, 6.45) is 4.98. The van der Waals surface area contributed by atoms with Gasteiger partial charge < -0.3 is 10.1 Å². The van der Waals surface area contributed by atoms with E-state index < -0.39 is 0 Å². The molecule has 0 aliphatic carbocycles. The molecule has 1 aliphatic heterocycles. The van der Waals surface area contributed by atoms with E-state index in [1.165, 1.54) is 11.1 Å². The second kappa shape index (κ2) is 5.23. The zero-order valence-corrected chi connectivity index (χ0v) is 11.5. The number of halogens is 1. The molecule has 1 aromatic heterocycles. The fourth-order valence-electron chi connectivity index (χ4n) is 2.34. The lowest BCUT2D eigenvalue weighted by Crippen LogP contribution is -2.29. The van der Waals surface area contributed by atoms with E-state index in [0.717, 1.165) is 30.3 Å². The minimum atomic E-state index is 0.185. The molecule has 0 amide bonds. The Balaban J connectivity index is 1.51. The van der Waals surface area contributed by atoms with E-state index in [1.807, 2.05) is 37.6 Å². The van der Waals surface area contributed by atoms with Crippen LogP contribution in [0.25, 0.3) is 0 Å². The lowest BCUT2D eigenvalue weighted by atomic mass is 10.1. The number of hydrogen-bond donors (Lipinski definition) is 1. The van der Waals surface area contributed by atoms with Crippen LogP contribution in [0, 0.1) is 0 Å². The molecule has 0 saturated carbocycles. The number of ether oxygens (including phenoxy) is 1. The Hall–Kier alpha value is -1.52. The Labute approximate surface area is 117 Å². The lowest BCUT2D eigenvalue weighted by molar-refractivity contribution is 0.227. The normalized spacial score (nSPS) is 17.3. The van der Waals surface area contributed by atoms with E-state index in [2.05, 4.69) is 10.4 Å². The van der Waals surface area contributed by atoms with Crippen LogP contribution < -0.4 is 10.1 Å². The predicted molar refractivity (Wildman–Crippen MR) is 74.5 cm³/mol. The van der Waals surface area contributed by atoms with Crippen LogP contribution in [-0.4, -0.2) is 22.4 Å². The van der Waals surface area contributed by atoms with Crippen molar-refractivity contribution in [2.45, 2.75) is 19.1 Å². The molecule has 0 radical (unpaired) electrons. The van der Waals surface area contributed by atoms with Crippen LogP contribution in [0.3, 0.4) is 0 Å². The smallest absolute Gasteiger partial charge is 0.123 e. The Morgan fingerprint density at radius 3 is 3.21 bits per heavy atom. The molecule has 0 bridgehead atoms. The maximum atomic E-state index is 5.98. The van der Waals surface area contributed by atoms with E-state index in [1.54, 1.807) is 4.68 Å². The van der Waals surface area contributed by atoms with Gasteiger partial charge in [0.2, 0.25) is 0 Å². The quantitative estimate of drug-likeness (QED) is 0.931. The summed E-state index contributed by atoms with van der Waals surface area (Å²) in [7, 11) is 1.92. The van der Waals surface area contributed by atoms with Crippen LogP contribution in [-0.2, 0) is 20.0 Å². The summed E-state index contributed by atoms with van der Waals surface area (Å²) in [5, 5.41) is 8.30. The van der Waals surface area contributed by atoms with Gasteiger partial charge in [0.25, 0.3) is 0 Å². The standard InChI is InChI=1S/C14H16ClN3O/c1-18-9-10(7-17-18)6-16-8-13-5-11-4-12(15)2-3-14(11)19-13/h2-4,7,9,13,16H,5-6,8H2,1H3. The van der Waals surface area contributed by atoms with Gasteiger partial charge in [0.15, 0.2) is 0 Å². The van der Waals surface area contributed by atoms with Crippen molar-refractivity contribution < 1.29 is 4.74 Å². The Morgan fingerprint density at radius 1 is 1.53 bits per heavy atom. The highest BCUT2D eigenvalue weighted by Gasteiger charge is 2.22. The number of fused-ring (bicyclic) bond motifs is 1. The largest absolute Gasteiger partial charge is 0.488 e. The minimum absolute atomic E-state index is 0.185. The first kappa shape index (κ1) is 12.5. The van der Waals surface area contributed by atoms with Gasteiger partial charge in [-0.15, -0.1) is 0 Å². The SMILES string of the molecule is Cn1cc(CNCC2Cc3cc(Cl)ccc3O2)cn1. The zero-order valence-electron chi connectivity index (χ0n) is 10.8. The Bertz CT molecular complexity index is 582. The van der Waals surface area contributed by atoms with Gasteiger partial charge in [0.1, 0.15) is 11.9 Å². The van der Waals surface area contributed by atoms with Gasteiger partial charge in [0.05, 0.1) is 6.20 Å². The zero-order chi connectivity index (χ0) is 13.2. The maximum Gasteiger partial charge on any atom is 0.123 e. The summed E-state index contributed by atoms with van der Waals surface area (Å²) in [6, 6.07) is 5.79. The van der Waals surface area contributed by atoms with Gasteiger partial charge in [-0.1, -0.05) is 11.6 Å². The highest BCUT2D eigenvalue weighted by atomic mass is 35.5. The van der Waals surface area contributed by atoms with Crippen molar-refractivity contribution in [1.29, 1.82) is 0 Å². The molecular weight excluding hydrogens is 262 g/mol. The van der Waals surface area contributed by atoms with E-state index in [4.69, 9.17) is 16.3 Å². The van der Waals surface area contributed by atoms with Gasteiger partial charge in [-0.3, -0.25) is 4.68 Å². The first-order valence-corrected chi connectivity index (χ1v) is 6.72. The van der Waals surface area contributed by atoms with Crippen LogP contribution in [0.1, 0.15) is 11.1 Å². The molecule has 1 unspecified atom stereocenters. The Morgan fingerprint density at radius 2 is 2.42 bits per heavy atom. The molecular formula is C14H16ClN3O. The van der Waals surface area contributed by atoms with E-state index in [9.17, 15) is 0 Å². The van der Waals surface area contributed by atoms with E-state index in [0.29, 0.717) is 0 Å². The third-order valence-corrected chi connectivity index (χ3v) is 3.46. The molecule has 3 rings (SSSR count). The number of hydrogen-bond acceptors (Lipinski definition) is 3. The van der Waals surface area contributed by atoms with Gasteiger partial charge in [-0.25, -0.2) is 0 Å². The highest BCUT2D eigenvalue weighted by molar-refractivity contribution is 6.30. The summed E-state index contributed by atoms with van der Waals surface area (Å²) >= 11 is 5.98. The summed E-state index contributed by atoms with van der Waals surface area (Å²) in [5.41, 5.74) is 2.38. The summed E-state index contributed by atoms with van der Waals surface area (Å²) in [4.78, 5) is 0. The molecule has 100 valence electrons. The minimum Gasteiger partial charge on any atom is -0.488 e. The van der Waals surface area contributed by atoms with Crippen LogP contribution in [0.15, 0.2) is 30.6 Å². The number of aromatic nitrogens is 2. The maximum absolute atomic E-state index is 5.98. The van der Waals surface area contributed by atoms with Gasteiger partial charge >= 0.3 is 0 Å². The third kappa shape index (κ3) is 2.91. The molecule has 5 heteroatoms. The number of nitrogens with one attached hydrogen (secondary N) is 1. The fourth-order valence-corrected chi connectivity index (χ4v) is 2.54. The van der Waals surface area contributed by atoms with Crippen LogP contribution in [0.5, 0.6) is 5.75 Å². The van der Waals surface area contributed by atoms with Crippen molar-refractivity contribution in [2.24, 2.45) is 7.05 Å². The molecule has 0 spiro atoms. The first-order valence-electron chi connectivity index (χ1n) is 6.34. The Kier molecular flexibility index (Phi) is 3.44. The highest BCUT2D eigenvalue weighted by Crippen LogP contribution is 2.30. The molecule has 19 heavy (non-hydrogen) atoms. The second-order valence-electron chi connectivity index (χ2n) is 4.85. The van der Waals surface area contributed by atoms with E-state index >= 15 is 0 Å². The van der Waals surface area contributed by atoms with Crippen LogP contribution >= 0.6 is 11.6 Å². The molecule has 1 aliphatic rings. The van der Waals surface area contributed by atoms with Crippen molar-refractivity contribution in [3.05, 3.63) is 46.7 Å². The molecule has 0 saturated heterocycles.